The van der Waals surface area contributed by atoms with Crippen LogP contribution in [0.3, 0.4) is 0 Å². The van der Waals surface area contributed by atoms with Crippen molar-refractivity contribution in [2.75, 3.05) is 11.9 Å². The van der Waals surface area contributed by atoms with Crippen LogP contribution in [-0.2, 0) is 0 Å². The molecule has 1 heterocycles. The minimum absolute atomic E-state index is 0.148. The molecule has 5 heteroatoms. The first-order chi connectivity index (χ1) is 9.19. The van der Waals surface area contributed by atoms with Gasteiger partial charge in [-0.3, -0.25) is 0 Å². The lowest BCUT2D eigenvalue weighted by Crippen LogP contribution is -2.02. The third-order valence-corrected chi connectivity index (χ3v) is 2.88. The molecule has 19 heavy (non-hydrogen) atoms. The van der Waals surface area contributed by atoms with E-state index in [1.807, 2.05) is 12.1 Å². The van der Waals surface area contributed by atoms with E-state index in [-0.39, 0.29) is 5.75 Å². The van der Waals surface area contributed by atoms with Gasteiger partial charge in [-0.15, -0.1) is 0 Å². The van der Waals surface area contributed by atoms with Crippen LogP contribution in [-0.4, -0.2) is 11.5 Å². The molecule has 0 aliphatic rings. The fraction of sp³-hybridized carbons (Fsp3) is 0.214. The zero-order valence-electron chi connectivity index (χ0n) is 10.5. The van der Waals surface area contributed by atoms with Crippen molar-refractivity contribution in [3.05, 3.63) is 46.7 Å². The number of anilines is 1. The average molecular weight is 325 g/mol. The van der Waals surface area contributed by atoms with Crippen molar-refractivity contribution >= 4 is 21.7 Å². The van der Waals surface area contributed by atoms with Crippen LogP contribution >= 0.6 is 15.9 Å². The highest BCUT2D eigenvalue weighted by Gasteiger charge is 2.06. The van der Waals surface area contributed by atoms with E-state index in [1.165, 1.54) is 6.07 Å². The van der Waals surface area contributed by atoms with Crippen molar-refractivity contribution in [1.29, 1.82) is 0 Å². The summed E-state index contributed by atoms with van der Waals surface area (Å²) in [5.41, 5.74) is 0. The van der Waals surface area contributed by atoms with Gasteiger partial charge in [-0.2, -0.15) is 4.98 Å². The fourth-order valence-electron chi connectivity index (χ4n) is 1.49. The highest BCUT2D eigenvalue weighted by molar-refractivity contribution is 9.10. The second-order valence-corrected chi connectivity index (χ2v) is 4.88. The van der Waals surface area contributed by atoms with E-state index in [0.717, 1.165) is 23.3 Å². The van der Waals surface area contributed by atoms with Gasteiger partial charge in [0.15, 0.2) is 11.6 Å². The van der Waals surface area contributed by atoms with Crippen LogP contribution in [0.25, 0.3) is 0 Å². The Balaban J connectivity index is 2.16. The molecule has 1 aromatic heterocycles. The van der Waals surface area contributed by atoms with Gasteiger partial charge < -0.3 is 10.1 Å². The predicted molar refractivity (Wildman–Crippen MR) is 77.2 cm³/mol. The van der Waals surface area contributed by atoms with E-state index in [1.54, 1.807) is 18.2 Å². The van der Waals surface area contributed by atoms with Gasteiger partial charge in [-0.1, -0.05) is 28.9 Å². The Hall–Kier alpha value is -1.62. The number of pyridine rings is 1. The Morgan fingerprint density at radius 1 is 1.32 bits per heavy atom. The molecule has 0 amide bonds. The molecule has 3 nitrogen and oxygen atoms in total. The third-order valence-electron chi connectivity index (χ3n) is 2.39. The van der Waals surface area contributed by atoms with Gasteiger partial charge in [0.1, 0.15) is 5.82 Å². The van der Waals surface area contributed by atoms with Gasteiger partial charge in [0, 0.05) is 17.1 Å². The van der Waals surface area contributed by atoms with Crippen LogP contribution in [0, 0.1) is 5.82 Å². The molecule has 0 radical (unpaired) electrons. The molecule has 1 N–H and O–H groups in total. The van der Waals surface area contributed by atoms with Crippen LogP contribution in [0.5, 0.6) is 11.6 Å². The van der Waals surface area contributed by atoms with Crippen LogP contribution < -0.4 is 10.1 Å². The maximum atomic E-state index is 13.6. The van der Waals surface area contributed by atoms with E-state index in [4.69, 9.17) is 4.74 Å². The molecule has 0 aliphatic heterocycles. The summed E-state index contributed by atoms with van der Waals surface area (Å²) in [5, 5.41) is 3.15. The Morgan fingerprint density at radius 3 is 2.95 bits per heavy atom. The Morgan fingerprint density at radius 2 is 2.16 bits per heavy atom. The van der Waals surface area contributed by atoms with E-state index in [0.29, 0.717) is 5.88 Å². The van der Waals surface area contributed by atoms with Crippen molar-refractivity contribution in [3.8, 4) is 11.6 Å². The van der Waals surface area contributed by atoms with Crippen molar-refractivity contribution in [2.45, 2.75) is 13.3 Å². The fourth-order valence-corrected chi connectivity index (χ4v) is 1.83. The Labute approximate surface area is 119 Å². The lowest BCUT2D eigenvalue weighted by Gasteiger charge is -2.08. The lowest BCUT2D eigenvalue weighted by molar-refractivity contribution is 0.427. The van der Waals surface area contributed by atoms with Crippen LogP contribution in [0.2, 0.25) is 0 Å². The third kappa shape index (κ3) is 3.92. The van der Waals surface area contributed by atoms with Crippen molar-refractivity contribution in [2.24, 2.45) is 0 Å². The number of nitrogens with one attached hydrogen (secondary N) is 1. The van der Waals surface area contributed by atoms with Gasteiger partial charge in [0.05, 0.1) is 0 Å². The first-order valence-corrected chi connectivity index (χ1v) is 6.82. The summed E-state index contributed by atoms with van der Waals surface area (Å²) in [4.78, 5) is 4.26. The normalized spacial score (nSPS) is 10.3. The standard InChI is InChI=1S/C14H14BrFN2O/c1-2-8-17-13-4-3-5-14(18-13)19-12-9-10(15)6-7-11(12)16/h3-7,9H,2,8H2,1H3,(H,17,18). The Bertz CT molecular complexity index is 563. The van der Waals surface area contributed by atoms with Gasteiger partial charge in [-0.25, -0.2) is 4.39 Å². The summed E-state index contributed by atoms with van der Waals surface area (Å²) in [6.45, 7) is 2.91. The zero-order chi connectivity index (χ0) is 13.7. The number of aromatic nitrogens is 1. The quantitative estimate of drug-likeness (QED) is 0.872. The maximum Gasteiger partial charge on any atom is 0.221 e. The average Bonchev–Trinajstić information content (AvgIpc) is 2.41. The van der Waals surface area contributed by atoms with Crippen LogP contribution in [0.4, 0.5) is 10.2 Å². The molecule has 0 fully saturated rings. The number of halogens is 2. The van der Waals surface area contributed by atoms with Crippen molar-refractivity contribution < 1.29 is 9.13 Å². The largest absolute Gasteiger partial charge is 0.436 e. The first kappa shape index (κ1) is 13.8. The summed E-state index contributed by atoms with van der Waals surface area (Å²) in [6, 6.07) is 9.89. The van der Waals surface area contributed by atoms with Gasteiger partial charge in [-0.05, 0) is 30.7 Å². The molecule has 1 aromatic carbocycles. The molecule has 0 spiro atoms. The molecule has 0 bridgehead atoms. The zero-order valence-corrected chi connectivity index (χ0v) is 12.1. The first-order valence-electron chi connectivity index (χ1n) is 6.03. The highest BCUT2D eigenvalue weighted by Crippen LogP contribution is 2.27. The molecule has 0 atom stereocenters. The summed E-state index contributed by atoms with van der Waals surface area (Å²) in [5.74, 6) is 0.805. The topological polar surface area (TPSA) is 34.1 Å². The second-order valence-electron chi connectivity index (χ2n) is 3.96. The monoisotopic (exact) mass is 324 g/mol. The molecule has 2 aromatic rings. The molecule has 0 saturated carbocycles. The van der Waals surface area contributed by atoms with Crippen LogP contribution in [0.15, 0.2) is 40.9 Å². The highest BCUT2D eigenvalue weighted by atomic mass is 79.9. The van der Waals surface area contributed by atoms with E-state index >= 15 is 0 Å². The van der Waals surface area contributed by atoms with Gasteiger partial charge in [0.2, 0.25) is 5.88 Å². The molecule has 0 aliphatic carbocycles. The summed E-state index contributed by atoms with van der Waals surface area (Å²) in [7, 11) is 0. The summed E-state index contributed by atoms with van der Waals surface area (Å²) in [6.07, 6.45) is 1.01. The molecule has 100 valence electrons. The van der Waals surface area contributed by atoms with E-state index in [9.17, 15) is 4.39 Å². The molecule has 2 rings (SSSR count). The van der Waals surface area contributed by atoms with Crippen LogP contribution in [0.1, 0.15) is 13.3 Å². The number of rotatable bonds is 5. The predicted octanol–water partition coefficient (Wildman–Crippen LogP) is 4.60. The number of benzene rings is 1. The number of ether oxygens (including phenoxy) is 1. The molecular formula is C14H14BrFN2O. The minimum Gasteiger partial charge on any atom is -0.436 e. The SMILES string of the molecule is CCCNc1cccc(Oc2cc(Br)ccc2F)n1. The van der Waals surface area contributed by atoms with Gasteiger partial charge in [0.25, 0.3) is 0 Å². The number of hydrogen-bond acceptors (Lipinski definition) is 3. The lowest BCUT2D eigenvalue weighted by atomic mass is 10.3. The summed E-state index contributed by atoms with van der Waals surface area (Å²) < 4.78 is 19.8. The molecule has 0 unspecified atom stereocenters. The smallest absolute Gasteiger partial charge is 0.221 e. The van der Waals surface area contributed by atoms with E-state index < -0.39 is 5.82 Å². The molecular weight excluding hydrogens is 311 g/mol. The second kappa shape index (κ2) is 6.52. The molecule has 0 saturated heterocycles. The summed E-state index contributed by atoms with van der Waals surface area (Å²) >= 11 is 3.28. The van der Waals surface area contributed by atoms with Crippen molar-refractivity contribution in [1.82, 2.24) is 4.98 Å². The van der Waals surface area contributed by atoms with E-state index in [2.05, 4.69) is 33.2 Å². The number of hydrogen-bond donors (Lipinski definition) is 1. The number of nitrogens with zero attached hydrogens (tertiary/aromatic N) is 1. The van der Waals surface area contributed by atoms with Gasteiger partial charge >= 0.3 is 0 Å². The Kier molecular flexibility index (Phi) is 4.74. The minimum atomic E-state index is -0.420. The maximum absolute atomic E-state index is 13.6. The van der Waals surface area contributed by atoms with Crippen molar-refractivity contribution in [3.63, 3.8) is 0 Å².